The molecule has 0 spiro atoms. The standard InChI is InChI=1S/C18H16N2O4/c21-18(22)17-12-16(19-20-17)13-6-8-15(9-7-13)24-11-10-23-14-4-2-1-3-5-14/h1-9,12H,10-11H2,(H,19,20)(H,21,22). The van der Waals surface area contributed by atoms with Crippen molar-refractivity contribution in [2.75, 3.05) is 13.2 Å². The average molecular weight is 324 g/mol. The lowest BCUT2D eigenvalue weighted by atomic mass is 10.1. The largest absolute Gasteiger partial charge is 0.490 e. The second kappa shape index (κ2) is 7.32. The molecule has 0 aliphatic heterocycles. The third kappa shape index (κ3) is 3.92. The number of nitrogens with zero attached hydrogens (tertiary/aromatic N) is 1. The monoisotopic (exact) mass is 324 g/mol. The third-order valence-electron chi connectivity index (χ3n) is 3.32. The van der Waals surface area contributed by atoms with Crippen LogP contribution >= 0.6 is 0 Å². The number of ether oxygens (including phenoxy) is 2. The van der Waals surface area contributed by atoms with Gasteiger partial charge in [-0.15, -0.1) is 0 Å². The molecule has 2 N–H and O–H groups in total. The molecule has 122 valence electrons. The Hall–Kier alpha value is -3.28. The average Bonchev–Trinajstić information content (AvgIpc) is 3.11. The van der Waals surface area contributed by atoms with Gasteiger partial charge < -0.3 is 14.6 Å². The number of hydrogen-bond acceptors (Lipinski definition) is 4. The van der Waals surface area contributed by atoms with Gasteiger partial charge in [-0.3, -0.25) is 5.10 Å². The van der Waals surface area contributed by atoms with E-state index in [1.165, 1.54) is 6.07 Å². The molecular formula is C18H16N2O4. The molecule has 0 radical (unpaired) electrons. The van der Waals surface area contributed by atoms with Crippen LogP contribution in [-0.2, 0) is 0 Å². The maximum absolute atomic E-state index is 10.8. The van der Waals surface area contributed by atoms with E-state index in [2.05, 4.69) is 10.2 Å². The van der Waals surface area contributed by atoms with Gasteiger partial charge in [-0.25, -0.2) is 4.79 Å². The highest BCUT2D eigenvalue weighted by atomic mass is 16.5. The van der Waals surface area contributed by atoms with Crippen molar-refractivity contribution >= 4 is 5.97 Å². The number of para-hydroxylation sites is 1. The van der Waals surface area contributed by atoms with E-state index in [1.807, 2.05) is 54.6 Å². The van der Waals surface area contributed by atoms with Crippen molar-refractivity contribution in [3.8, 4) is 22.8 Å². The number of aromatic carboxylic acids is 1. The fraction of sp³-hybridized carbons (Fsp3) is 0.111. The summed E-state index contributed by atoms with van der Waals surface area (Å²) in [5, 5.41) is 15.3. The van der Waals surface area contributed by atoms with Crippen LogP contribution in [0, 0.1) is 0 Å². The minimum atomic E-state index is -1.04. The van der Waals surface area contributed by atoms with Gasteiger partial charge in [0.15, 0.2) is 0 Å². The quantitative estimate of drug-likeness (QED) is 0.652. The molecule has 3 aromatic rings. The lowest BCUT2D eigenvalue weighted by Gasteiger charge is -2.08. The van der Waals surface area contributed by atoms with Crippen LogP contribution < -0.4 is 9.47 Å². The molecule has 0 unspecified atom stereocenters. The summed E-state index contributed by atoms with van der Waals surface area (Å²) in [5.41, 5.74) is 1.45. The Morgan fingerprint density at radius 1 is 0.958 bits per heavy atom. The van der Waals surface area contributed by atoms with Crippen molar-refractivity contribution < 1.29 is 19.4 Å². The van der Waals surface area contributed by atoms with Crippen LogP contribution in [0.25, 0.3) is 11.3 Å². The van der Waals surface area contributed by atoms with E-state index in [-0.39, 0.29) is 5.69 Å². The molecule has 0 atom stereocenters. The van der Waals surface area contributed by atoms with Crippen molar-refractivity contribution in [2.24, 2.45) is 0 Å². The summed E-state index contributed by atoms with van der Waals surface area (Å²) in [5.74, 6) is 0.487. The van der Waals surface area contributed by atoms with E-state index in [0.29, 0.717) is 24.7 Å². The number of aromatic nitrogens is 2. The Morgan fingerprint density at radius 2 is 1.58 bits per heavy atom. The molecule has 1 heterocycles. The molecule has 3 rings (SSSR count). The van der Waals surface area contributed by atoms with Crippen LogP contribution in [0.3, 0.4) is 0 Å². The number of carbonyl (C=O) groups is 1. The molecule has 0 aliphatic rings. The second-order valence-corrected chi connectivity index (χ2v) is 5.01. The maximum atomic E-state index is 10.8. The van der Waals surface area contributed by atoms with Gasteiger partial charge in [0.25, 0.3) is 0 Å². The Labute approximate surface area is 138 Å². The lowest BCUT2D eigenvalue weighted by molar-refractivity contribution is 0.0690. The Bertz CT molecular complexity index is 797. The second-order valence-electron chi connectivity index (χ2n) is 5.01. The van der Waals surface area contributed by atoms with Crippen molar-refractivity contribution in [1.29, 1.82) is 0 Å². The fourth-order valence-corrected chi connectivity index (χ4v) is 2.14. The highest BCUT2D eigenvalue weighted by Gasteiger charge is 2.09. The first-order chi connectivity index (χ1) is 11.7. The van der Waals surface area contributed by atoms with Gasteiger partial charge in [0.05, 0.1) is 5.69 Å². The summed E-state index contributed by atoms with van der Waals surface area (Å²) in [6, 6.07) is 18.3. The zero-order chi connectivity index (χ0) is 16.8. The molecule has 0 amide bonds. The summed E-state index contributed by atoms with van der Waals surface area (Å²) < 4.78 is 11.2. The van der Waals surface area contributed by atoms with Crippen LogP contribution in [0.1, 0.15) is 10.5 Å². The highest BCUT2D eigenvalue weighted by Crippen LogP contribution is 2.21. The van der Waals surface area contributed by atoms with Gasteiger partial charge >= 0.3 is 5.97 Å². The Balaban J connectivity index is 1.51. The summed E-state index contributed by atoms with van der Waals surface area (Å²) in [4.78, 5) is 10.8. The number of hydrogen-bond donors (Lipinski definition) is 2. The zero-order valence-corrected chi connectivity index (χ0v) is 12.8. The van der Waals surface area contributed by atoms with Crippen molar-refractivity contribution in [1.82, 2.24) is 10.2 Å². The van der Waals surface area contributed by atoms with Gasteiger partial charge in [0.1, 0.15) is 30.4 Å². The van der Waals surface area contributed by atoms with Crippen molar-refractivity contribution in [3.05, 3.63) is 66.4 Å². The summed E-state index contributed by atoms with van der Waals surface area (Å²) >= 11 is 0. The summed E-state index contributed by atoms with van der Waals surface area (Å²) in [7, 11) is 0. The number of nitrogens with one attached hydrogen (secondary N) is 1. The normalized spacial score (nSPS) is 10.3. The van der Waals surface area contributed by atoms with E-state index in [9.17, 15) is 4.79 Å². The lowest BCUT2D eigenvalue weighted by Crippen LogP contribution is -2.08. The van der Waals surface area contributed by atoms with Gasteiger partial charge in [-0.1, -0.05) is 18.2 Å². The Kier molecular flexibility index (Phi) is 4.76. The first-order valence-electron chi connectivity index (χ1n) is 7.42. The van der Waals surface area contributed by atoms with E-state index < -0.39 is 5.97 Å². The van der Waals surface area contributed by atoms with Crippen LogP contribution in [0.2, 0.25) is 0 Å². The van der Waals surface area contributed by atoms with Crippen molar-refractivity contribution in [2.45, 2.75) is 0 Å². The molecule has 0 saturated heterocycles. The number of carboxylic acid groups (broad SMARTS) is 1. The summed E-state index contributed by atoms with van der Waals surface area (Å²) in [6.45, 7) is 0.882. The molecule has 0 fully saturated rings. The predicted octanol–water partition coefficient (Wildman–Crippen LogP) is 3.23. The third-order valence-corrected chi connectivity index (χ3v) is 3.32. The molecule has 6 nitrogen and oxygen atoms in total. The molecule has 0 bridgehead atoms. The number of H-pyrrole nitrogens is 1. The Morgan fingerprint density at radius 3 is 2.17 bits per heavy atom. The van der Waals surface area contributed by atoms with Gasteiger partial charge in [-0.05, 0) is 42.5 Å². The number of benzene rings is 2. The topological polar surface area (TPSA) is 84.4 Å². The van der Waals surface area contributed by atoms with E-state index in [1.54, 1.807) is 0 Å². The molecule has 0 aliphatic carbocycles. The molecule has 1 aromatic heterocycles. The number of rotatable bonds is 7. The first kappa shape index (κ1) is 15.6. The van der Waals surface area contributed by atoms with E-state index >= 15 is 0 Å². The number of aromatic amines is 1. The maximum Gasteiger partial charge on any atom is 0.353 e. The SMILES string of the molecule is O=C(O)c1cc(-c2ccc(OCCOc3ccccc3)cc2)n[nH]1. The van der Waals surface area contributed by atoms with Gasteiger partial charge in [0.2, 0.25) is 0 Å². The van der Waals surface area contributed by atoms with Gasteiger partial charge in [0, 0.05) is 5.56 Å². The van der Waals surface area contributed by atoms with Crippen molar-refractivity contribution in [3.63, 3.8) is 0 Å². The van der Waals surface area contributed by atoms with Crippen LogP contribution in [-0.4, -0.2) is 34.5 Å². The predicted molar refractivity (Wildman–Crippen MR) is 88.4 cm³/mol. The van der Waals surface area contributed by atoms with Crippen LogP contribution in [0.4, 0.5) is 0 Å². The smallest absolute Gasteiger partial charge is 0.353 e. The van der Waals surface area contributed by atoms with E-state index in [0.717, 1.165) is 11.3 Å². The number of carboxylic acids is 1. The highest BCUT2D eigenvalue weighted by molar-refractivity contribution is 5.86. The van der Waals surface area contributed by atoms with Gasteiger partial charge in [-0.2, -0.15) is 5.10 Å². The molecule has 6 heteroatoms. The molecular weight excluding hydrogens is 308 g/mol. The minimum absolute atomic E-state index is 0.0587. The minimum Gasteiger partial charge on any atom is -0.490 e. The molecule has 2 aromatic carbocycles. The molecule has 24 heavy (non-hydrogen) atoms. The van der Waals surface area contributed by atoms with Crippen LogP contribution in [0.5, 0.6) is 11.5 Å². The fourth-order valence-electron chi connectivity index (χ4n) is 2.14. The summed E-state index contributed by atoms with van der Waals surface area (Å²) in [6.07, 6.45) is 0. The van der Waals surface area contributed by atoms with Crippen LogP contribution in [0.15, 0.2) is 60.7 Å². The van der Waals surface area contributed by atoms with E-state index in [4.69, 9.17) is 14.6 Å². The first-order valence-corrected chi connectivity index (χ1v) is 7.42. The molecule has 0 saturated carbocycles. The zero-order valence-electron chi connectivity index (χ0n) is 12.8.